The summed E-state index contributed by atoms with van der Waals surface area (Å²) in [5, 5.41) is 6.78. The fraction of sp³-hybridized carbons (Fsp3) is 0.220. The summed E-state index contributed by atoms with van der Waals surface area (Å²) in [5.41, 5.74) is 8.88. The molecule has 7 rings (SSSR count). The van der Waals surface area contributed by atoms with Crippen molar-refractivity contribution in [2.24, 2.45) is 11.8 Å². The van der Waals surface area contributed by atoms with E-state index in [1.807, 2.05) is 70.0 Å². The Bertz CT molecular complexity index is 2200. The van der Waals surface area contributed by atoms with Crippen LogP contribution in [0.4, 0.5) is 4.39 Å². The predicted molar refractivity (Wildman–Crippen MR) is 187 cm³/mol. The number of benzene rings is 4. The Morgan fingerprint density at radius 2 is 1.54 bits per heavy atom. The van der Waals surface area contributed by atoms with Gasteiger partial charge in [-0.3, -0.25) is 4.68 Å². The van der Waals surface area contributed by atoms with Crippen LogP contribution in [-0.4, -0.2) is 19.3 Å². The van der Waals surface area contributed by atoms with Gasteiger partial charge in [-0.1, -0.05) is 69.1 Å². The second-order valence-electron chi connectivity index (χ2n) is 13.1. The van der Waals surface area contributed by atoms with Gasteiger partial charge in [-0.05, 0) is 71.5 Å². The summed E-state index contributed by atoms with van der Waals surface area (Å²) in [6.07, 6.45) is 7.55. The first-order valence-corrected chi connectivity index (χ1v) is 16.2. The molecule has 3 aromatic heterocycles. The summed E-state index contributed by atoms with van der Waals surface area (Å²) in [5.74, 6) is 2.27. The zero-order chi connectivity index (χ0) is 32.7. The van der Waals surface area contributed by atoms with E-state index in [0.29, 0.717) is 29.2 Å². The Morgan fingerprint density at radius 3 is 2.27 bits per heavy atom. The third-order valence-electron chi connectivity index (χ3n) is 8.29. The zero-order valence-corrected chi connectivity index (χ0v) is 30.0. The van der Waals surface area contributed by atoms with E-state index in [1.165, 1.54) is 40.6 Å². The van der Waals surface area contributed by atoms with Crippen molar-refractivity contribution in [1.82, 2.24) is 19.3 Å². The summed E-state index contributed by atoms with van der Waals surface area (Å²) in [4.78, 5) is 4.45. The number of aryl methyl sites for hydroxylation is 1. The van der Waals surface area contributed by atoms with Gasteiger partial charge >= 0.3 is 21.1 Å². The number of fused-ring (bicyclic) bond motifs is 3. The van der Waals surface area contributed by atoms with Gasteiger partial charge in [-0.15, -0.1) is 35.7 Å². The number of hydrogen-bond acceptors (Lipinski definition) is 3. The molecule has 0 radical (unpaired) electrons. The third-order valence-corrected chi connectivity index (χ3v) is 8.29. The molecule has 0 saturated carbocycles. The second kappa shape index (κ2) is 13.9. The van der Waals surface area contributed by atoms with Gasteiger partial charge in [0.25, 0.3) is 0 Å². The summed E-state index contributed by atoms with van der Waals surface area (Å²) in [6.45, 7) is 11.3. The number of pyridine rings is 1. The van der Waals surface area contributed by atoms with Gasteiger partial charge < -0.3 is 9.30 Å². The monoisotopic (exact) mass is 815 g/mol. The normalized spacial score (nSPS) is 11.5. The van der Waals surface area contributed by atoms with Crippen molar-refractivity contribution in [3.63, 3.8) is 0 Å². The molecular formula is C41H37FN4OPt. The molecule has 7 aromatic rings. The maximum atomic E-state index is 14.3. The summed E-state index contributed by atoms with van der Waals surface area (Å²) in [7, 11) is 0. The van der Waals surface area contributed by atoms with E-state index < -0.39 is 0 Å². The largest absolute Gasteiger partial charge is 2.00 e. The minimum absolute atomic E-state index is 0. The van der Waals surface area contributed by atoms with Crippen LogP contribution < -0.4 is 4.74 Å². The summed E-state index contributed by atoms with van der Waals surface area (Å²) >= 11 is 0. The molecule has 7 heteroatoms. The van der Waals surface area contributed by atoms with Crippen LogP contribution in [0.25, 0.3) is 44.4 Å². The van der Waals surface area contributed by atoms with E-state index in [4.69, 9.17) is 9.84 Å². The van der Waals surface area contributed by atoms with Crippen molar-refractivity contribution in [1.29, 1.82) is 0 Å². The van der Waals surface area contributed by atoms with Crippen LogP contribution in [0.5, 0.6) is 11.5 Å². The molecule has 0 fully saturated rings. The molecule has 0 unspecified atom stereocenters. The molecule has 0 aliphatic rings. The molecule has 0 amide bonds. The Balaban J connectivity index is 0.00000401. The van der Waals surface area contributed by atoms with Gasteiger partial charge in [0.2, 0.25) is 0 Å². The second-order valence-corrected chi connectivity index (χ2v) is 13.1. The topological polar surface area (TPSA) is 44.9 Å². The Labute approximate surface area is 295 Å². The van der Waals surface area contributed by atoms with Crippen molar-refractivity contribution in [3.05, 3.63) is 132 Å². The molecular weight excluding hydrogens is 779 g/mol. The fourth-order valence-corrected chi connectivity index (χ4v) is 6.53. The quantitative estimate of drug-likeness (QED) is 0.136. The van der Waals surface area contributed by atoms with Gasteiger partial charge in [-0.2, -0.15) is 17.2 Å². The van der Waals surface area contributed by atoms with Crippen molar-refractivity contribution in [3.8, 4) is 34.1 Å². The molecule has 0 bridgehead atoms. The van der Waals surface area contributed by atoms with Crippen LogP contribution in [0.3, 0.4) is 0 Å². The molecule has 0 saturated heterocycles. The molecule has 3 heterocycles. The van der Waals surface area contributed by atoms with Crippen molar-refractivity contribution in [2.45, 2.75) is 47.5 Å². The van der Waals surface area contributed by atoms with Crippen molar-refractivity contribution < 1.29 is 30.2 Å². The minimum atomic E-state index is -0.351. The van der Waals surface area contributed by atoms with E-state index in [1.54, 1.807) is 0 Å². The molecule has 244 valence electrons. The average Bonchev–Trinajstić information content (AvgIpc) is 3.63. The number of ether oxygens (including phenoxy) is 1. The van der Waals surface area contributed by atoms with Gasteiger partial charge in [0.05, 0.1) is 6.20 Å². The number of halogens is 1. The predicted octanol–water partition coefficient (Wildman–Crippen LogP) is 10.3. The fourth-order valence-electron chi connectivity index (χ4n) is 6.53. The molecule has 48 heavy (non-hydrogen) atoms. The van der Waals surface area contributed by atoms with Crippen LogP contribution >= 0.6 is 0 Å². The van der Waals surface area contributed by atoms with Crippen LogP contribution in [0.2, 0.25) is 0 Å². The average molecular weight is 816 g/mol. The van der Waals surface area contributed by atoms with Crippen LogP contribution in [0.1, 0.15) is 44.4 Å². The van der Waals surface area contributed by atoms with E-state index in [0.717, 1.165) is 45.9 Å². The standard InChI is InChI=1S/C41H37FN4O.Pt/c1-26(2)17-29-19-28(5)20-30(18-27(3)4)41(29)31-24-44-45(25-31)33-9-8-10-34(22-33)47-35-13-14-37-36-11-6-7-12-38(36)46(39(37)23-35)40-21-32(42)15-16-43-40;/h6-16,19-21,24-27H,17-18H2,1-5H3;/q-2;+2. The first kappa shape index (κ1) is 33.4. The zero-order valence-electron chi connectivity index (χ0n) is 27.7. The van der Waals surface area contributed by atoms with Crippen molar-refractivity contribution in [2.75, 3.05) is 0 Å². The molecule has 0 atom stereocenters. The molecule has 0 N–H and O–H groups in total. The Kier molecular flexibility index (Phi) is 9.66. The number of rotatable bonds is 9. The van der Waals surface area contributed by atoms with Crippen LogP contribution in [0.15, 0.2) is 97.5 Å². The molecule has 5 nitrogen and oxygen atoms in total. The van der Waals surface area contributed by atoms with Crippen molar-refractivity contribution >= 4 is 21.8 Å². The Hall–Kier alpha value is -4.54. The Morgan fingerprint density at radius 1 is 0.812 bits per heavy atom. The summed E-state index contributed by atoms with van der Waals surface area (Å²) in [6, 6.07) is 31.9. The third kappa shape index (κ3) is 6.72. The van der Waals surface area contributed by atoms with Gasteiger partial charge in [-0.25, -0.2) is 9.37 Å². The number of nitrogens with zero attached hydrogens (tertiary/aromatic N) is 4. The maximum absolute atomic E-state index is 14.3. The molecule has 0 spiro atoms. The van der Waals surface area contributed by atoms with Gasteiger partial charge in [0.15, 0.2) is 0 Å². The van der Waals surface area contributed by atoms with E-state index in [-0.39, 0.29) is 26.9 Å². The minimum Gasteiger partial charge on any atom is -0.509 e. The number of para-hydroxylation sites is 1. The van der Waals surface area contributed by atoms with E-state index in [2.05, 4.69) is 70.1 Å². The number of hydrogen-bond donors (Lipinski definition) is 0. The summed E-state index contributed by atoms with van der Waals surface area (Å²) < 4.78 is 24.4. The van der Waals surface area contributed by atoms with Crippen LogP contribution in [-0.2, 0) is 33.9 Å². The van der Waals surface area contributed by atoms with E-state index in [9.17, 15) is 4.39 Å². The van der Waals surface area contributed by atoms with Gasteiger partial charge in [0.1, 0.15) is 11.6 Å². The molecule has 4 aromatic carbocycles. The first-order valence-electron chi connectivity index (χ1n) is 16.2. The SMILES string of the molecule is Cc1cc(CC(C)C)c(-c2cnn(-c3[c-]c(Oc4[c-]c5c(cc4)c4ccccc4n5-c4cc(F)ccn4)ccc3)c2)c(CC(C)C)c1.[Pt+2]. The smallest absolute Gasteiger partial charge is 0.509 e. The molecule has 0 aliphatic heterocycles. The maximum Gasteiger partial charge on any atom is 2.00 e. The molecule has 0 aliphatic carbocycles. The van der Waals surface area contributed by atoms with Gasteiger partial charge in [0, 0.05) is 41.0 Å². The first-order chi connectivity index (χ1) is 22.7. The van der Waals surface area contributed by atoms with Crippen LogP contribution in [0, 0.1) is 36.7 Å². The number of aromatic nitrogens is 4. The van der Waals surface area contributed by atoms with E-state index >= 15 is 0 Å².